The van der Waals surface area contributed by atoms with Gasteiger partial charge >= 0.3 is 6.03 Å². The van der Waals surface area contributed by atoms with Crippen LogP contribution in [-0.2, 0) is 4.74 Å². The molecule has 1 aliphatic heterocycles. The van der Waals surface area contributed by atoms with Gasteiger partial charge in [-0.3, -0.25) is 5.32 Å². The first-order valence-electron chi connectivity index (χ1n) is 7.30. The third kappa shape index (κ3) is 4.31. The van der Waals surface area contributed by atoms with Gasteiger partial charge in [0.1, 0.15) is 0 Å². The minimum absolute atomic E-state index is 0.0986. The van der Waals surface area contributed by atoms with Crippen LogP contribution in [0.5, 0.6) is 0 Å². The number of anilines is 1. The van der Waals surface area contributed by atoms with Crippen molar-refractivity contribution in [1.82, 2.24) is 14.3 Å². The van der Waals surface area contributed by atoms with Gasteiger partial charge in [-0.1, -0.05) is 11.8 Å². The number of nitrogens with zero attached hydrogens (tertiary/aromatic N) is 3. The van der Waals surface area contributed by atoms with Gasteiger partial charge in [0.15, 0.2) is 0 Å². The van der Waals surface area contributed by atoms with Crippen LogP contribution in [0.15, 0.2) is 5.16 Å². The second kappa shape index (κ2) is 6.93. The number of hydrogen-bond acceptors (Lipinski definition) is 6. The maximum atomic E-state index is 12.3. The number of thioether (sulfide) groups is 1. The zero-order chi connectivity index (χ0) is 14.7. The molecule has 21 heavy (non-hydrogen) atoms. The molecule has 1 saturated heterocycles. The molecule has 0 aromatic carbocycles. The van der Waals surface area contributed by atoms with E-state index in [9.17, 15) is 4.79 Å². The number of aromatic nitrogens is 2. The van der Waals surface area contributed by atoms with E-state index in [1.54, 1.807) is 0 Å². The molecule has 0 spiro atoms. The quantitative estimate of drug-likeness (QED) is 0.842. The highest BCUT2D eigenvalue weighted by molar-refractivity contribution is 7.98. The Morgan fingerprint density at radius 1 is 1.52 bits per heavy atom. The van der Waals surface area contributed by atoms with Gasteiger partial charge in [0.25, 0.3) is 0 Å². The van der Waals surface area contributed by atoms with Crippen molar-refractivity contribution in [2.45, 2.75) is 36.9 Å². The van der Waals surface area contributed by atoms with Crippen LogP contribution in [0, 0.1) is 5.92 Å². The first-order valence-corrected chi connectivity index (χ1v) is 9.29. The zero-order valence-corrected chi connectivity index (χ0v) is 13.7. The van der Waals surface area contributed by atoms with Crippen LogP contribution in [0.25, 0.3) is 0 Å². The summed E-state index contributed by atoms with van der Waals surface area (Å²) >= 11 is 2.69. The number of nitrogens with one attached hydrogen (secondary N) is 1. The standard InChI is InChI=1S/C13H20N4O2S2/c1-20-12-14-11(21-16-12)15-13(18)17-6-2-3-10(7-17)19-8-9-4-5-9/h9-10H,2-8H2,1H3,(H,14,15,16,18). The van der Waals surface area contributed by atoms with Crippen LogP contribution < -0.4 is 5.32 Å². The van der Waals surface area contributed by atoms with Crippen molar-refractivity contribution in [3.63, 3.8) is 0 Å². The topological polar surface area (TPSA) is 67.4 Å². The van der Waals surface area contributed by atoms with Gasteiger partial charge < -0.3 is 9.64 Å². The van der Waals surface area contributed by atoms with Gasteiger partial charge in [-0.15, -0.1) is 0 Å². The summed E-state index contributed by atoms with van der Waals surface area (Å²) in [5.41, 5.74) is 0. The Morgan fingerprint density at radius 2 is 2.38 bits per heavy atom. The van der Waals surface area contributed by atoms with E-state index in [0.717, 1.165) is 31.9 Å². The Kier molecular flexibility index (Phi) is 4.97. The first-order chi connectivity index (χ1) is 10.2. The van der Waals surface area contributed by atoms with E-state index < -0.39 is 0 Å². The van der Waals surface area contributed by atoms with E-state index in [0.29, 0.717) is 16.8 Å². The Bertz CT molecular complexity index is 492. The van der Waals surface area contributed by atoms with Crippen LogP contribution in [0.3, 0.4) is 0 Å². The van der Waals surface area contributed by atoms with Crippen LogP contribution in [0.1, 0.15) is 25.7 Å². The number of ether oxygens (including phenoxy) is 1. The highest BCUT2D eigenvalue weighted by atomic mass is 32.2. The number of carbonyl (C=O) groups is 1. The maximum absolute atomic E-state index is 12.3. The number of urea groups is 1. The molecule has 0 bridgehead atoms. The number of piperidine rings is 1. The highest BCUT2D eigenvalue weighted by Crippen LogP contribution is 2.30. The Balaban J connectivity index is 1.48. The maximum Gasteiger partial charge on any atom is 0.323 e. The lowest BCUT2D eigenvalue weighted by molar-refractivity contribution is 0.00597. The molecule has 8 heteroatoms. The lowest BCUT2D eigenvalue weighted by Gasteiger charge is -2.32. The molecule has 1 aliphatic carbocycles. The molecule has 2 heterocycles. The molecule has 1 unspecified atom stereocenters. The van der Waals surface area contributed by atoms with E-state index in [1.807, 2.05) is 11.2 Å². The molecule has 1 N–H and O–H groups in total. The molecule has 1 aromatic rings. The van der Waals surface area contributed by atoms with E-state index in [-0.39, 0.29) is 12.1 Å². The Hall–Kier alpha value is -0.860. The summed E-state index contributed by atoms with van der Waals surface area (Å²) in [4.78, 5) is 18.3. The zero-order valence-electron chi connectivity index (χ0n) is 12.1. The first kappa shape index (κ1) is 15.1. The number of hydrogen-bond donors (Lipinski definition) is 1. The van der Waals surface area contributed by atoms with Crippen molar-refractivity contribution < 1.29 is 9.53 Å². The molecule has 3 rings (SSSR count). The van der Waals surface area contributed by atoms with E-state index >= 15 is 0 Å². The molecule has 6 nitrogen and oxygen atoms in total. The number of carbonyl (C=O) groups excluding carboxylic acids is 1. The molecule has 1 aromatic heterocycles. The van der Waals surface area contributed by atoms with Crippen LogP contribution in [0.4, 0.5) is 9.93 Å². The molecule has 2 fully saturated rings. The van der Waals surface area contributed by atoms with Gasteiger partial charge in [-0.05, 0) is 37.9 Å². The van der Waals surface area contributed by atoms with E-state index in [2.05, 4.69) is 14.7 Å². The molecule has 2 aliphatic rings. The monoisotopic (exact) mass is 328 g/mol. The summed E-state index contributed by atoms with van der Waals surface area (Å²) in [5, 5.41) is 4.08. The van der Waals surface area contributed by atoms with E-state index in [4.69, 9.17) is 4.74 Å². The predicted molar refractivity (Wildman–Crippen MR) is 84.0 cm³/mol. The fourth-order valence-corrected chi connectivity index (χ4v) is 3.45. The second-order valence-corrected chi connectivity index (χ2v) is 7.03. The summed E-state index contributed by atoms with van der Waals surface area (Å²) in [7, 11) is 0. The largest absolute Gasteiger partial charge is 0.376 e. The fraction of sp³-hybridized carbons (Fsp3) is 0.769. The highest BCUT2D eigenvalue weighted by Gasteiger charge is 2.27. The van der Waals surface area contributed by atoms with Crippen molar-refractivity contribution in [3.8, 4) is 0 Å². The smallest absolute Gasteiger partial charge is 0.323 e. The van der Waals surface area contributed by atoms with Gasteiger partial charge in [-0.25, -0.2) is 4.79 Å². The lowest BCUT2D eigenvalue weighted by atomic mass is 10.1. The third-order valence-electron chi connectivity index (χ3n) is 3.73. The number of amides is 2. The minimum Gasteiger partial charge on any atom is -0.376 e. The van der Waals surface area contributed by atoms with Gasteiger partial charge in [0, 0.05) is 31.2 Å². The Morgan fingerprint density at radius 3 is 3.10 bits per heavy atom. The van der Waals surface area contributed by atoms with Crippen molar-refractivity contribution in [2.75, 3.05) is 31.3 Å². The normalized spacial score (nSPS) is 22.3. The van der Waals surface area contributed by atoms with Crippen LogP contribution in [0.2, 0.25) is 0 Å². The molecule has 116 valence electrons. The summed E-state index contributed by atoms with van der Waals surface area (Å²) < 4.78 is 10.0. The van der Waals surface area contributed by atoms with Gasteiger partial charge in [-0.2, -0.15) is 9.36 Å². The predicted octanol–water partition coefficient (Wildman–Crippen LogP) is 2.68. The van der Waals surface area contributed by atoms with Crippen molar-refractivity contribution in [1.29, 1.82) is 0 Å². The summed E-state index contributed by atoms with van der Waals surface area (Å²) in [5.74, 6) is 0.764. The Labute approximate surface area is 132 Å². The van der Waals surface area contributed by atoms with Crippen molar-refractivity contribution in [2.24, 2.45) is 5.92 Å². The number of rotatable bonds is 5. The SMILES string of the molecule is CSc1nsc(NC(=O)N2CCCC(OCC3CC3)C2)n1. The van der Waals surface area contributed by atoms with Gasteiger partial charge in [0.05, 0.1) is 6.10 Å². The molecule has 1 atom stereocenters. The molecule has 1 saturated carbocycles. The third-order valence-corrected chi connectivity index (χ3v) is 5.03. The summed E-state index contributed by atoms with van der Waals surface area (Å²) in [6.07, 6.45) is 6.74. The fourth-order valence-electron chi connectivity index (χ4n) is 2.33. The lowest BCUT2D eigenvalue weighted by Crippen LogP contribution is -2.45. The molecule has 0 radical (unpaired) electrons. The minimum atomic E-state index is -0.0986. The van der Waals surface area contributed by atoms with Gasteiger partial charge in [0.2, 0.25) is 10.3 Å². The van der Waals surface area contributed by atoms with Crippen molar-refractivity contribution in [3.05, 3.63) is 0 Å². The van der Waals surface area contributed by atoms with E-state index in [1.165, 1.54) is 36.1 Å². The van der Waals surface area contributed by atoms with Crippen LogP contribution in [-0.4, -0.2) is 52.3 Å². The summed E-state index contributed by atoms with van der Waals surface area (Å²) in [6.45, 7) is 2.31. The molecular formula is C13H20N4O2S2. The average molecular weight is 328 g/mol. The summed E-state index contributed by atoms with van der Waals surface area (Å²) in [6, 6.07) is -0.0986. The van der Waals surface area contributed by atoms with Crippen LogP contribution >= 0.6 is 23.3 Å². The molecule has 2 amide bonds. The molecular weight excluding hydrogens is 308 g/mol. The number of likely N-dealkylation sites (tertiary alicyclic amines) is 1. The average Bonchev–Trinajstić information content (AvgIpc) is 3.24. The van der Waals surface area contributed by atoms with Crippen molar-refractivity contribution >= 4 is 34.5 Å². The second-order valence-electron chi connectivity index (χ2n) is 5.50.